The Morgan fingerprint density at radius 1 is 1.17 bits per heavy atom. The van der Waals surface area contributed by atoms with Crippen LogP contribution in [0.25, 0.3) is 0 Å². The number of amides is 2. The van der Waals surface area contributed by atoms with E-state index in [2.05, 4.69) is 0 Å². The number of nitrogens with two attached hydrogens (primary N) is 1. The lowest BCUT2D eigenvalue weighted by molar-refractivity contribution is -0.121. The van der Waals surface area contributed by atoms with Gasteiger partial charge in [0.05, 0.1) is 22.1 Å². The van der Waals surface area contributed by atoms with E-state index in [0.717, 1.165) is 23.1 Å². The smallest absolute Gasteiger partial charge is 0.335 e. The molecule has 0 radical (unpaired) electrons. The number of carboxylic acids is 2. The number of anilines is 1. The molecule has 1 aromatic rings. The van der Waals surface area contributed by atoms with Crippen LogP contribution in [0, 0.1) is 0 Å². The summed E-state index contributed by atoms with van der Waals surface area (Å²) in [6.45, 7) is 0.361. The number of nitrogens with zero attached hydrogens (tertiary/aromatic N) is 1. The second-order valence-corrected chi connectivity index (χ2v) is 6.11. The second-order valence-electron chi connectivity index (χ2n) is 4.80. The van der Waals surface area contributed by atoms with E-state index >= 15 is 0 Å². The number of aromatic carboxylic acids is 2. The number of carbonyl (C=O) groups excluding carboxylic acids is 2. The minimum absolute atomic E-state index is 0.0246. The molecular weight excluding hydrogens is 324 g/mol. The van der Waals surface area contributed by atoms with E-state index < -0.39 is 29.0 Å². The molecule has 122 valence electrons. The maximum Gasteiger partial charge on any atom is 0.335 e. The number of thioether (sulfide) groups is 1. The molecule has 1 heterocycles. The summed E-state index contributed by atoms with van der Waals surface area (Å²) in [5, 5.41) is 17.5. The van der Waals surface area contributed by atoms with Gasteiger partial charge in [0.1, 0.15) is 0 Å². The van der Waals surface area contributed by atoms with Gasteiger partial charge in [-0.3, -0.25) is 9.59 Å². The molecule has 1 aliphatic rings. The van der Waals surface area contributed by atoms with Gasteiger partial charge >= 0.3 is 11.9 Å². The van der Waals surface area contributed by atoms with Crippen LogP contribution >= 0.6 is 11.8 Å². The summed E-state index contributed by atoms with van der Waals surface area (Å²) >= 11 is 1.25. The molecule has 4 N–H and O–H groups in total. The molecule has 9 heteroatoms. The predicted molar refractivity (Wildman–Crippen MR) is 82.8 cm³/mol. The zero-order valence-corrected chi connectivity index (χ0v) is 12.7. The van der Waals surface area contributed by atoms with Crippen LogP contribution in [0.2, 0.25) is 0 Å². The molecule has 0 saturated carbocycles. The van der Waals surface area contributed by atoms with Crippen molar-refractivity contribution >= 4 is 41.2 Å². The standard InChI is InChI=1S/C14H14N2O6S/c15-1-2-23-10-6-11(17)16(12(10)18)9-4-7(13(19)20)3-8(5-9)14(21)22/h3-5,10H,1-2,6,15H2,(H,19,20)(H,21,22). The van der Waals surface area contributed by atoms with Crippen LogP contribution in [0.5, 0.6) is 0 Å². The molecule has 2 rings (SSSR count). The second kappa shape index (κ2) is 6.80. The highest BCUT2D eigenvalue weighted by Crippen LogP contribution is 2.30. The summed E-state index contributed by atoms with van der Waals surface area (Å²) in [6, 6.07) is 3.20. The molecule has 1 atom stereocenters. The van der Waals surface area contributed by atoms with Gasteiger partial charge in [0.25, 0.3) is 0 Å². The van der Waals surface area contributed by atoms with Gasteiger partial charge in [-0.15, -0.1) is 11.8 Å². The van der Waals surface area contributed by atoms with Gasteiger partial charge < -0.3 is 15.9 Å². The van der Waals surface area contributed by atoms with Gasteiger partial charge in [-0.2, -0.15) is 0 Å². The molecule has 1 aromatic carbocycles. The fourth-order valence-corrected chi connectivity index (χ4v) is 3.13. The Bertz CT molecular complexity index is 658. The fourth-order valence-electron chi connectivity index (χ4n) is 2.20. The third-order valence-corrected chi connectivity index (χ3v) is 4.45. The summed E-state index contributed by atoms with van der Waals surface area (Å²) in [5.41, 5.74) is 4.72. The van der Waals surface area contributed by atoms with Gasteiger partial charge in [0, 0.05) is 18.7 Å². The SMILES string of the molecule is NCCSC1CC(=O)N(c2cc(C(=O)O)cc(C(=O)O)c2)C1=O. The quantitative estimate of drug-likeness (QED) is 0.634. The Morgan fingerprint density at radius 3 is 2.22 bits per heavy atom. The van der Waals surface area contributed by atoms with Crippen molar-refractivity contribution in [3.63, 3.8) is 0 Å². The van der Waals surface area contributed by atoms with Crippen molar-refractivity contribution in [2.45, 2.75) is 11.7 Å². The summed E-state index contributed by atoms with van der Waals surface area (Å²) in [7, 11) is 0. The zero-order valence-electron chi connectivity index (χ0n) is 11.9. The maximum atomic E-state index is 12.3. The van der Waals surface area contributed by atoms with Crippen LogP contribution in [0.15, 0.2) is 18.2 Å². The topological polar surface area (TPSA) is 138 Å². The number of rotatable bonds is 6. The van der Waals surface area contributed by atoms with Crippen LogP contribution in [0.4, 0.5) is 5.69 Å². The van der Waals surface area contributed by atoms with Crippen molar-refractivity contribution in [2.24, 2.45) is 5.73 Å². The highest BCUT2D eigenvalue weighted by atomic mass is 32.2. The van der Waals surface area contributed by atoms with Crippen molar-refractivity contribution in [1.82, 2.24) is 0 Å². The van der Waals surface area contributed by atoms with Crippen molar-refractivity contribution in [3.8, 4) is 0 Å². The van der Waals surface area contributed by atoms with E-state index in [1.807, 2.05) is 0 Å². The van der Waals surface area contributed by atoms with Gasteiger partial charge in [-0.25, -0.2) is 14.5 Å². The average molecular weight is 338 g/mol. The van der Waals surface area contributed by atoms with Gasteiger partial charge in [0.2, 0.25) is 11.8 Å². The number of hydrogen-bond donors (Lipinski definition) is 3. The lowest BCUT2D eigenvalue weighted by Gasteiger charge is -2.16. The van der Waals surface area contributed by atoms with Crippen molar-refractivity contribution in [3.05, 3.63) is 29.3 Å². The van der Waals surface area contributed by atoms with Crippen LogP contribution in [-0.2, 0) is 9.59 Å². The monoisotopic (exact) mass is 338 g/mol. The lowest BCUT2D eigenvalue weighted by Crippen LogP contribution is -2.31. The third-order valence-electron chi connectivity index (χ3n) is 3.21. The first kappa shape index (κ1) is 17.0. The zero-order chi connectivity index (χ0) is 17.1. The largest absolute Gasteiger partial charge is 0.478 e. The Labute approximate surface area is 135 Å². The van der Waals surface area contributed by atoms with E-state index in [-0.39, 0.29) is 23.2 Å². The Morgan fingerprint density at radius 2 is 1.74 bits per heavy atom. The Hall–Kier alpha value is -2.39. The number of carbonyl (C=O) groups is 4. The highest BCUT2D eigenvalue weighted by Gasteiger charge is 2.40. The number of hydrogen-bond acceptors (Lipinski definition) is 6. The molecular formula is C14H14N2O6S. The van der Waals surface area contributed by atoms with Gasteiger partial charge in [-0.1, -0.05) is 0 Å². The average Bonchev–Trinajstić information content (AvgIpc) is 2.78. The Kier molecular flexibility index (Phi) is 5.02. The molecule has 2 amide bonds. The summed E-state index contributed by atoms with van der Waals surface area (Å²) in [5.74, 6) is -3.17. The van der Waals surface area contributed by atoms with E-state index in [9.17, 15) is 19.2 Å². The molecule has 0 bridgehead atoms. The molecule has 0 aromatic heterocycles. The van der Waals surface area contributed by atoms with Gasteiger partial charge in [0.15, 0.2) is 0 Å². The van der Waals surface area contributed by atoms with Crippen LogP contribution in [-0.4, -0.2) is 51.5 Å². The molecule has 1 fully saturated rings. The van der Waals surface area contributed by atoms with Crippen molar-refractivity contribution in [2.75, 3.05) is 17.2 Å². The summed E-state index contributed by atoms with van der Waals surface area (Å²) < 4.78 is 0. The highest BCUT2D eigenvalue weighted by molar-refractivity contribution is 8.00. The molecule has 1 saturated heterocycles. The predicted octanol–water partition coefficient (Wildman–Crippen LogP) is 0.407. The first-order chi connectivity index (χ1) is 10.8. The molecule has 1 aliphatic heterocycles. The van der Waals surface area contributed by atoms with Crippen molar-refractivity contribution in [1.29, 1.82) is 0 Å². The fraction of sp³-hybridized carbons (Fsp3) is 0.286. The normalized spacial score (nSPS) is 17.6. The van der Waals surface area contributed by atoms with Crippen LogP contribution in [0.1, 0.15) is 27.1 Å². The number of imide groups is 1. The first-order valence-electron chi connectivity index (χ1n) is 6.65. The van der Waals surface area contributed by atoms with E-state index in [1.54, 1.807) is 0 Å². The van der Waals surface area contributed by atoms with Crippen LogP contribution < -0.4 is 10.6 Å². The summed E-state index contributed by atoms with van der Waals surface area (Å²) in [4.78, 5) is 47.5. The summed E-state index contributed by atoms with van der Waals surface area (Å²) in [6.07, 6.45) is -0.0246. The molecule has 0 spiro atoms. The molecule has 23 heavy (non-hydrogen) atoms. The Balaban J connectivity index is 2.40. The minimum atomic E-state index is -1.34. The molecule has 8 nitrogen and oxygen atoms in total. The number of carboxylic acid groups (broad SMARTS) is 2. The first-order valence-corrected chi connectivity index (χ1v) is 7.70. The van der Waals surface area contributed by atoms with Crippen LogP contribution in [0.3, 0.4) is 0 Å². The third kappa shape index (κ3) is 3.51. The molecule has 0 aliphatic carbocycles. The minimum Gasteiger partial charge on any atom is -0.478 e. The van der Waals surface area contributed by atoms with E-state index in [4.69, 9.17) is 15.9 Å². The number of benzene rings is 1. The lowest BCUT2D eigenvalue weighted by atomic mass is 10.1. The maximum absolute atomic E-state index is 12.3. The van der Waals surface area contributed by atoms with E-state index in [0.29, 0.717) is 12.3 Å². The van der Waals surface area contributed by atoms with Crippen molar-refractivity contribution < 1.29 is 29.4 Å². The van der Waals surface area contributed by atoms with Gasteiger partial charge in [-0.05, 0) is 18.2 Å². The van der Waals surface area contributed by atoms with E-state index in [1.165, 1.54) is 11.8 Å². The molecule has 1 unspecified atom stereocenters.